The molecule has 0 aromatic heterocycles. The van der Waals surface area contributed by atoms with E-state index in [1.54, 1.807) is 11.8 Å². The molecule has 0 aromatic carbocycles. The van der Waals surface area contributed by atoms with Gasteiger partial charge in [0, 0.05) is 24.3 Å². The number of amides is 2. The van der Waals surface area contributed by atoms with Crippen LogP contribution in [-0.4, -0.2) is 92.3 Å². The Labute approximate surface area is 167 Å². The number of fused-ring (bicyclic) bond motifs is 1. The number of rotatable bonds is 7. The van der Waals surface area contributed by atoms with Crippen molar-refractivity contribution in [2.24, 2.45) is 0 Å². The van der Waals surface area contributed by atoms with E-state index in [0.29, 0.717) is 11.7 Å². The summed E-state index contributed by atoms with van der Waals surface area (Å²) in [6.45, 7) is 0.698. The Morgan fingerprint density at radius 1 is 1.29 bits per heavy atom. The largest absolute Gasteiger partial charge is 0.430 e. The number of carbonyl (C=O) groups is 2. The molecule has 3 aliphatic rings. The molecule has 0 saturated carbocycles. The zero-order valence-electron chi connectivity index (χ0n) is 15.6. The van der Waals surface area contributed by atoms with Crippen LogP contribution in [0.15, 0.2) is 0 Å². The van der Waals surface area contributed by atoms with Crippen molar-refractivity contribution in [1.82, 2.24) is 10.6 Å². The molecule has 0 aliphatic carbocycles. The fraction of sp³-hybridized carbons (Fsp3) is 0.882. The van der Waals surface area contributed by atoms with Crippen LogP contribution < -0.4 is 10.6 Å². The lowest BCUT2D eigenvalue weighted by Gasteiger charge is -2.45. The van der Waals surface area contributed by atoms with E-state index < -0.39 is 42.8 Å². The number of thioether (sulfide) groups is 1. The SMILES string of the molecule is CC1(OC(=O)CCCCC2SC[C@@H]3NC(=O)N[C@H]23)O[C@H](CO)[C@@H](O)[C@H](O)[C@@H]1O. The zero-order valence-corrected chi connectivity index (χ0v) is 16.4. The molecular formula is C17H28N2O8S. The molecule has 0 radical (unpaired) electrons. The first kappa shape index (κ1) is 21.6. The molecule has 3 rings (SSSR count). The van der Waals surface area contributed by atoms with Crippen LogP contribution in [0.1, 0.15) is 32.6 Å². The number of unbranched alkanes of at least 4 members (excludes halogenated alkanes) is 1. The summed E-state index contributed by atoms with van der Waals surface area (Å²) in [4.78, 5) is 23.6. The lowest BCUT2D eigenvalue weighted by Crippen LogP contribution is -2.65. The second-order valence-electron chi connectivity index (χ2n) is 7.62. The van der Waals surface area contributed by atoms with Gasteiger partial charge in [-0.15, -0.1) is 0 Å². The first-order chi connectivity index (χ1) is 13.2. The van der Waals surface area contributed by atoms with Crippen molar-refractivity contribution in [1.29, 1.82) is 0 Å². The molecule has 3 heterocycles. The molecule has 3 aliphatic heterocycles. The second kappa shape index (κ2) is 8.72. The molecule has 11 heteroatoms. The Bertz CT molecular complexity index is 594. The quantitative estimate of drug-likeness (QED) is 0.163. The van der Waals surface area contributed by atoms with Crippen molar-refractivity contribution in [3.8, 4) is 0 Å². The lowest BCUT2D eigenvalue weighted by molar-refractivity contribution is -0.344. The predicted octanol–water partition coefficient (Wildman–Crippen LogP) is -1.55. The van der Waals surface area contributed by atoms with Gasteiger partial charge in [0.1, 0.15) is 24.4 Å². The highest BCUT2D eigenvalue weighted by molar-refractivity contribution is 8.00. The van der Waals surface area contributed by atoms with E-state index >= 15 is 0 Å². The number of carbonyl (C=O) groups excluding carboxylic acids is 2. The predicted molar refractivity (Wildman–Crippen MR) is 98.4 cm³/mol. The van der Waals surface area contributed by atoms with Gasteiger partial charge >= 0.3 is 12.0 Å². The highest BCUT2D eigenvalue weighted by atomic mass is 32.2. The summed E-state index contributed by atoms with van der Waals surface area (Å²) in [6.07, 6.45) is -3.60. The van der Waals surface area contributed by atoms with Gasteiger partial charge in [0.15, 0.2) is 0 Å². The smallest absolute Gasteiger partial charge is 0.315 e. The Morgan fingerprint density at radius 2 is 2.04 bits per heavy atom. The van der Waals surface area contributed by atoms with Gasteiger partial charge < -0.3 is 40.5 Å². The van der Waals surface area contributed by atoms with Crippen molar-refractivity contribution >= 4 is 23.8 Å². The summed E-state index contributed by atoms with van der Waals surface area (Å²) in [7, 11) is 0. The summed E-state index contributed by atoms with van der Waals surface area (Å²) in [5.74, 6) is -1.57. The normalized spacial score (nSPS) is 42.6. The Hall–Kier alpha value is -1.11. The Balaban J connectivity index is 1.42. The minimum atomic E-state index is -1.85. The maximum atomic E-state index is 12.2. The van der Waals surface area contributed by atoms with Gasteiger partial charge in [-0.2, -0.15) is 11.8 Å². The third-order valence-corrected chi connectivity index (χ3v) is 7.04. The fourth-order valence-electron chi connectivity index (χ4n) is 3.92. The van der Waals surface area contributed by atoms with E-state index in [2.05, 4.69) is 10.6 Å². The number of ether oxygens (including phenoxy) is 2. The summed E-state index contributed by atoms with van der Waals surface area (Å²) in [5, 5.41) is 45.1. The third-order valence-electron chi connectivity index (χ3n) is 5.53. The van der Waals surface area contributed by atoms with Crippen LogP contribution in [0.4, 0.5) is 4.79 Å². The topological polar surface area (TPSA) is 158 Å². The van der Waals surface area contributed by atoms with Gasteiger partial charge in [-0.3, -0.25) is 4.79 Å². The molecule has 3 saturated heterocycles. The maximum Gasteiger partial charge on any atom is 0.315 e. The minimum Gasteiger partial charge on any atom is -0.430 e. The standard InChI is InChI=1S/C17H28N2O8S/c1-17(15(24)14(23)13(22)9(6-20)26-17)27-11(21)5-3-2-4-10-12-8(7-28-10)18-16(25)19-12/h8-10,12-15,20,22-24H,2-7H2,1H3,(H2,18,19,25)/t8-,9+,10?,12-,13+,14-,15-,17?/m0/s1. The number of nitrogens with one attached hydrogen (secondary N) is 2. The molecule has 28 heavy (non-hydrogen) atoms. The van der Waals surface area contributed by atoms with Crippen molar-refractivity contribution in [2.75, 3.05) is 12.4 Å². The van der Waals surface area contributed by atoms with Gasteiger partial charge in [-0.25, -0.2) is 4.79 Å². The van der Waals surface area contributed by atoms with E-state index in [0.717, 1.165) is 18.6 Å². The average Bonchev–Trinajstić information content (AvgIpc) is 3.19. The molecule has 8 atom stereocenters. The van der Waals surface area contributed by atoms with Crippen molar-refractivity contribution in [3.63, 3.8) is 0 Å². The van der Waals surface area contributed by atoms with Crippen molar-refractivity contribution < 1.29 is 39.5 Å². The molecular weight excluding hydrogens is 392 g/mol. The molecule has 6 N–H and O–H groups in total. The van der Waals surface area contributed by atoms with Crippen molar-refractivity contribution in [2.45, 2.75) is 80.1 Å². The van der Waals surface area contributed by atoms with E-state index in [1.165, 1.54) is 6.92 Å². The monoisotopic (exact) mass is 420 g/mol. The highest BCUT2D eigenvalue weighted by Gasteiger charge is 2.53. The maximum absolute atomic E-state index is 12.2. The van der Waals surface area contributed by atoms with Crippen LogP contribution in [0.3, 0.4) is 0 Å². The average molecular weight is 420 g/mol. The Kier molecular flexibility index (Phi) is 6.72. The summed E-state index contributed by atoms with van der Waals surface area (Å²) < 4.78 is 10.6. The van der Waals surface area contributed by atoms with E-state index in [1.807, 2.05) is 0 Å². The van der Waals surface area contributed by atoms with Crippen LogP contribution in [0.2, 0.25) is 0 Å². The minimum absolute atomic E-state index is 0.101. The number of hydrogen-bond donors (Lipinski definition) is 6. The number of hydrogen-bond acceptors (Lipinski definition) is 9. The lowest BCUT2D eigenvalue weighted by atomic mass is 9.93. The number of aliphatic hydroxyl groups is 4. The fourth-order valence-corrected chi connectivity index (χ4v) is 5.47. The molecule has 2 amide bonds. The van der Waals surface area contributed by atoms with Crippen LogP contribution in [-0.2, 0) is 14.3 Å². The van der Waals surface area contributed by atoms with Crippen LogP contribution in [0, 0.1) is 0 Å². The second-order valence-corrected chi connectivity index (χ2v) is 8.89. The number of aliphatic hydroxyl groups excluding tert-OH is 4. The molecule has 3 fully saturated rings. The first-order valence-electron chi connectivity index (χ1n) is 9.48. The zero-order chi connectivity index (χ0) is 20.5. The van der Waals surface area contributed by atoms with E-state index in [4.69, 9.17) is 9.47 Å². The summed E-state index contributed by atoms with van der Waals surface area (Å²) in [6, 6.07) is 0.160. The van der Waals surface area contributed by atoms with Gasteiger partial charge in [0.2, 0.25) is 5.79 Å². The molecule has 0 aromatic rings. The van der Waals surface area contributed by atoms with Crippen molar-refractivity contribution in [3.05, 3.63) is 0 Å². The van der Waals surface area contributed by atoms with Gasteiger partial charge in [-0.05, 0) is 12.8 Å². The molecule has 0 bridgehead atoms. The molecule has 160 valence electrons. The van der Waals surface area contributed by atoms with Gasteiger partial charge in [0.05, 0.1) is 18.7 Å². The van der Waals surface area contributed by atoms with Gasteiger partial charge in [0.25, 0.3) is 0 Å². The molecule has 10 nitrogen and oxygen atoms in total. The summed E-state index contributed by atoms with van der Waals surface area (Å²) >= 11 is 1.80. The van der Waals surface area contributed by atoms with E-state index in [9.17, 15) is 30.0 Å². The first-order valence-corrected chi connectivity index (χ1v) is 10.5. The van der Waals surface area contributed by atoms with E-state index in [-0.39, 0.29) is 24.5 Å². The highest BCUT2D eigenvalue weighted by Crippen LogP contribution is 2.34. The van der Waals surface area contributed by atoms with Crippen LogP contribution >= 0.6 is 11.8 Å². The van der Waals surface area contributed by atoms with Crippen LogP contribution in [0.25, 0.3) is 0 Å². The number of urea groups is 1. The Morgan fingerprint density at radius 3 is 2.75 bits per heavy atom. The molecule has 2 unspecified atom stereocenters. The number of esters is 1. The summed E-state index contributed by atoms with van der Waals surface area (Å²) in [5.41, 5.74) is 0. The third kappa shape index (κ3) is 4.39. The van der Waals surface area contributed by atoms with Crippen LogP contribution in [0.5, 0.6) is 0 Å². The van der Waals surface area contributed by atoms with Gasteiger partial charge in [-0.1, -0.05) is 6.42 Å². The molecule has 0 spiro atoms.